The fourth-order valence-electron chi connectivity index (χ4n) is 1.04. The zero-order valence-corrected chi connectivity index (χ0v) is 9.69. The Bertz CT molecular complexity index is 211. The molecule has 82 valence electrons. The Labute approximate surface area is 89.8 Å². The maximum Gasteiger partial charge on any atom is 0.305 e. The van der Waals surface area contributed by atoms with E-state index in [-0.39, 0.29) is 11.2 Å². The molecule has 0 aromatic carbocycles. The van der Waals surface area contributed by atoms with Crippen LogP contribution in [0.15, 0.2) is 0 Å². The van der Waals surface area contributed by atoms with Crippen LogP contribution in [0.1, 0.15) is 39.5 Å². The summed E-state index contributed by atoms with van der Waals surface area (Å²) in [6, 6.07) is 0. The first-order chi connectivity index (χ1) is 6.40. The molecule has 0 N–H and O–H groups in total. The van der Waals surface area contributed by atoms with Crippen molar-refractivity contribution >= 4 is 22.8 Å². The third kappa shape index (κ3) is 5.22. The van der Waals surface area contributed by atoms with E-state index >= 15 is 0 Å². The van der Waals surface area contributed by atoms with Crippen LogP contribution in [0.25, 0.3) is 0 Å². The molecule has 0 aromatic rings. The molecule has 0 aliphatic rings. The van der Waals surface area contributed by atoms with Crippen LogP contribution >= 0.6 is 11.6 Å². The van der Waals surface area contributed by atoms with E-state index in [1.807, 2.05) is 0 Å². The molecule has 0 radical (unpaired) electrons. The highest BCUT2D eigenvalue weighted by Crippen LogP contribution is 2.26. The molecule has 0 bridgehead atoms. The summed E-state index contributed by atoms with van der Waals surface area (Å²) in [6.45, 7) is 3.61. The molecule has 0 saturated heterocycles. The van der Waals surface area contributed by atoms with Gasteiger partial charge in [0.2, 0.25) is 5.24 Å². The first-order valence-electron chi connectivity index (χ1n) is 4.67. The summed E-state index contributed by atoms with van der Waals surface area (Å²) in [5, 5.41) is -0.324. The van der Waals surface area contributed by atoms with Crippen molar-refractivity contribution in [2.75, 3.05) is 7.11 Å². The molecule has 3 nitrogen and oxygen atoms in total. The average molecular weight is 221 g/mol. The molecule has 0 unspecified atom stereocenters. The zero-order valence-electron chi connectivity index (χ0n) is 8.93. The first kappa shape index (κ1) is 13.4. The van der Waals surface area contributed by atoms with Crippen molar-refractivity contribution in [2.24, 2.45) is 5.41 Å². The van der Waals surface area contributed by atoms with Crippen molar-refractivity contribution in [3.05, 3.63) is 0 Å². The van der Waals surface area contributed by atoms with Crippen LogP contribution in [-0.4, -0.2) is 18.3 Å². The van der Waals surface area contributed by atoms with Gasteiger partial charge in [0.05, 0.1) is 7.11 Å². The number of rotatable bonds is 6. The van der Waals surface area contributed by atoms with Gasteiger partial charge in [-0.15, -0.1) is 0 Å². The molecule has 0 spiro atoms. The maximum absolute atomic E-state index is 10.9. The summed E-state index contributed by atoms with van der Waals surface area (Å²) < 4.78 is 4.50. The van der Waals surface area contributed by atoms with E-state index in [1.54, 1.807) is 13.8 Å². The molecule has 0 saturated carbocycles. The van der Waals surface area contributed by atoms with Crippen LogP contribution < -0.4 is 0 Å². The lowest BCUT2D eigenvalue weighted by molar-refractivity contribution is -0.140. The van der Waals surface area contributed by atoms with Gasteiger partial charge >= 0.3 is 5.97 Å². The fraction of sp³-hybridized carbons (Fsp3) is 0.800. The van der Waals surface area contributed by atoms with Gasteiger partial charge in [-0.3, -0.25) is 9.59 Å². The van der Waals surface area contributed by atoms with E-state index in [0.29, 0.717) is 12.8 Å². The van der Waals surface area contributed by atoms with Crippen LogP contribution in [-0.2, 0) is 14.3 Å². The lowest BCUT2D eigenvalue weighted by atomic mass is 9.88. The Morgan fingerprint density at radius 3 is 2.29 bits per heavy atom. The second kappa shape index (κ2) is 6.02. The molecule has 14 heavy (non-hydrogen) atoms. The van der Waals surface area contributed by atoms with Gasteiger partial charge < -0.3 is 4.74 Å². The molecule has 0 fully saturated rings. The number of hydrogen-bond acceptors (Lipinski definition) is 3. The van der Waals surface area contributed by atoms with Crippen molar-refractivity contribution in [2.45, 2.75) is 39.5 Å². The molecule has 0 amide bonds. The van der Waals surface area contributed by atoms with Gasteiger partial charge in [0.1, 0.15) is 0 Å². The lowest BCUT2D eigenvalue weighted by Crippen LogP contribution is -2.19. The third-order valence-corrected chi connectivity index (χ3v) is 2.70. The van der Waals surface area contributed by atoms with Crippen molar-refractivity contribution in [3.8, 4) is 0 Å². The second-order valence-corrected chi connectivity index (χ2v) is 4.28. The van der Waals surface area contributed by atoms with Crippen LogP contribution in [0.3, 0.4) is 0 Å². The Morgan fingerprint density at radius 2 is 1.86 bits per heavy atom. The number of unbranched alkanes of at least 4 members (excludes halogenated alkanes) is 1. The second-order valence-electron chi connectivity index (χ2n) is 3.94. The highest BCUT2D eigenvalue weighted by molar-refractivity contribution is 6.64. The maximum atomic E-state index is 10.9. The summed E-state index contributed by atoms with van der Waals surface area (Å²) in [6.07, 6.45) is 2.65. The third-order valence-electron chi connectivity index (χ3n) is 2.19. The summed E-state index contributed by atoms with van der Waals surface area (Å²) in [5.41, 5.74) is -0.488. The van der Waals surface area contributed by atoms with Crippen LogP contribution in [0, 0.1) is 5.41 Å². The average Bonchev–Trinajstić information content (AvgIpc) is 2.11. The SMILES string of the molecule is COC(=O)CCCCC(C)(C)C(=O)Cl. The normalized spacial score (nSPS) is 11.1. The predicted molar refractivity (Wildman–Crippen MR) is 55.1 cm³/mol. The van der Waals surface area contributed by atoms with Crippen molar-refractivity contribution in [1.29, 1.82) is 0 Å². The summed E-state index contributed by atoms with van der Waals surface area (Å²) >= 11 is 5.41. The van der Waals surface area contributed by atoms with Gasteiger partial charge in [0.15, 0.2) is 0 Å². The minimum Gasteiger partial charge on any atom is -0.469 e. The first-order valence-corrected chi connectivity index (χ1v) is 5.04. The number of carbonyl (C=O) groups excluding carboxylic acids is 2. The van der Waals surface area contributed by atoms with Gasteiger partial charge in [-0.25, -0.2) is 0 Å². The topological polar surface area (TPSA) is 43.4 Å². The van der Waals surface area contributed by atoms with Crippen molar-refractivity contribution in [3.63, 3.8) is 0 Å². The standard InChI is InChI=1S/C10H17ClO3/c1-10(2,9(11)13)7-5-4-6-8(12)14-3/h4-7H2,1-3H3. The quantitative estimate of drug-likeness (QED) is 0.393. The summed E-state index contributed by atoms with van der Waals surface area (Å²) in [4.78, 5) is 21.7. The van der Waals surface area contributed by atoms with E-state index in [0.717, 1.165) is 12.8 Å². The van der Waals surface area contributed by atoms with Gasteiger partial charge in [0, 0.05) is 11.8 Å². The summed E-state index contributed by atoms with van der Waals surface area (Å²) in [7, 11) is 1.37. The van der Waals surface area contributed by atoms with Crippen molar-refractivity contribution < 1.29 is 14.3 Å². The predicted octanol–water partition coefficient (Wildman–Crippen LogP) is 2.51. The van der Waals surface area contributed by atoms with Crippen LogP contribution in [0.4, 0.5) is 0 Å². The van der Waals surface area contributed by atoms with Gasteiger partial charge in [-0.05, 0) is 24.4 Å². The molecular formula is C10H17ClO3. The lowest BCUT2D eigenvalue weighted by Gasteiger charge is -2.18. The minimum atomic E-state index is -0.488. The van der Waals surface area contributed by atoms with Gasteiger partial charge in [-0.2, -0.15) is 0 Å². The molecule has 0 aliphatic carbocycles. The number of esters is 1. The smallest absolute Gasteiger partial charge is 0.305 e. The van der Waals surface area contributed by atoms with E-state index in [1.165, 1.54) is 7.11 Å². The number of carbonyl (C=O) groups is 2. The van der Waals surface area contributed by atoms with Crippen molar-refractivity contribution in [1.82, 2.24) is 0 Å². The molecule has 0 rings (SSSR count). The number of hydrogen-bond donors (Lipinski definition) is 0. The molecular weight excluding hydrogens is 204 g/mol. The molecule has 0 atom stereocenters. The molecule has 4 heteroatoms. The van der Waals surface area contributed by atoms with Crippen LogP contribution in [0.2, 0.25) is 0 Å². The Kier molecular flexibility index (Phi) is 5.77. The minimum absolute atomic E-state index is 0.208. The Balaban J connectivity index is 3.64. The zero-order chi connectivity index (χ0) is 11.2. The van der Waals surface area contributed by atoms with E-state index < -0.39 is 5.41 Å². The molecule has 0 aromatic heterocycles. The van der Waals surface area contributed by atoms with E-state index in [4.69, 9.17) is 11.6 Å². The Hall–Kier alpha value is -0.570. The largest absolute Gasteiger partial charge is 0.469 e. The number of ether oxygens (including phenoxy) is 1. The Morgan fingerprint density at radius 1 is 1.29 bits per heavy atom. The molecule has 0 aliphatic heterocycles. The monoisotopic (exact) mass is 220 g/mol. The number of halogens is 1. The highest BCUT2D eigenvalue weighted by Gasteiger charge is 2.24. The highest BCUT2D eigenvalue weighted by atomic mass is 35.5. The van der Waals surface area contributed by atoms with Gasteiger partial charge in [-0.1, -0.05) is 20.3 Å². The van der Waals surface area contributed by atoms with Crippen LogP contribution in [0.5, 0.6) is 0 Å². The van der Waals surface area contributed by atoms with E-state index in [2.05, 4.69) is 4.74 Å². The summed E-state index contributed by atoms with van der Waals surface area (Å²) in [5.74, 6) is -0.208. The number of methoxy groups -OCH3 is 1. The van der Waals surface area contributed by atoms with E-state index in [9.17, 15) is 9.59 Å². The fourth-order valence-corrected chi connectivity index (χ4v) is 1.13. The molecule has 0 heterocycles. The van der Waals surface area contributed by atoms with Gasteiger partial charge in [0.25, 0.3) is 0 Å².